The molecular weight excluding hydrogens is 445 g/mol. The zero-order chi connectivity index (χ0) is 22.5. The van der Waals surface area contributed by atoms with Crippen molar-refractivity contribution in [1.29, 1.82) is 0 Å². The number of carbonyl (C=O) groups is 1. The van der Waals surface area contributed by atoms with Crippen LogP contribution >= 0.6 is 11.6 Å². The number of nitrogens with zero attached hydrogens (tertiary/aromatic N) is 1. The lowest BCUT2D eigenvalue weighted by atomic mass is 9.92. The molecule has 1 aromatic heterocycles. The van der Waals surface area contributed by atoms with Gasteiger partial charge in [0.1, 0.15) is 5.82 Å². The summed E-state index contributed by atoms with van der Waals surface area (Å²) in [6, 6.07) is 16.6. The largest absolute Gasteiger partial charge is 0.454 e. The summed E-state index contributed by atoms with van der Waals surface area (Å²) in [5, 5.41) is 4.67. The molecule has 0 saturated carbocycles. The second kappa shape index (κ2) is 7.71. The van der Waals surface area contributed by atoms with Crippen molar-refractivity contribution in [3.8, 4) is 11.5 Å². The number of aromatic amines is 1. The maximum absolute atomic E-state index is 13.7. The third kappa shape index (κ3) is 3.45. The van der Waals surface area contributed by atoms with Gasteiger partial charge in [-0.25, -0.2) is 9.18 Å². The second-order valence-electron chi connectivity index (χ2n) is 8.10. The van der Waals surface area contributed by atoms with Crippen LogP contribution in [0.15, 0.2) is 60.7 Å². The Morgan fingerprint density at radius 2 is 1.88 bits per heavy atom. The molecule has 2 amide bonds. The first kappa shape index (κ1) is 19.9. The predicted molar refractivity (Wildman–Crippen MR) is 124 cm³/mol. The van der Waals surface area contributed by atoms with Gasteiger partial charge in [0.2, 0.25) is 6.79 Å². The molecule has 2 aliphatic rings. The van der Waals surface area contributed by atoms with Crippen molar-refractivity contribution in [3.05, 3.63) is 88.3 Å². The Balaban J connectivity index is 1.40. The van der Waals surface area contributed by atoms with Gasteiger partial charge in [-0.05, 0) is 60.0 Å². The lowest BCUT2D eigenvalue weighted by Crippen LogP contribution is -2.43. The fourth-order valence-electron chi connectivity index (χ4n) is 4.64. The zero-order valence-corrected chi connectivity index (χ0v) is 18.2. The number of urea groups is 1. The maximum Gasteiger partial charge on any atom is 0.322 e. The van der Waals surface area contributed by atoms with Crippen LogP contribution in [0, 0.1) is 5.82 Å². The standard InChI is InChI=1S/C25H19ClFN3O3/c26-15-3-7-20-19(11-15)18-9-10-30(24(23(18)29-20)14-1-4-16(27)5-2-14)25(31)28-17-6-8-21-22(12-17)33-13-32-21/h1-8,11-12,24,29H,9-10,13H2,(H,28,31)/t24-/m1/s1. The average Bonchev–Trinajstić information content (AvgIpc) is 3.43. The van der Waals surface area contributed by atoms with Crippen LogP contribution in [0.25, 0.3) is 10.9 Å². The Kier molecular flexibility index (Phi) is 4.66. The number of benzene rings is 3. The molecule has 2 aliphatic heterocycles. The van der Waals surface area contributed by atoms with Crippen molar-refractivity contribution in [2.45, 2.75) is 12.5 Å². The number of H-pyrrole nitrogens is 1. The summed E-state index contributed by atoms with van der Waals surface area (Å²) in [7, 11) is 0. The van der Waals surface area contributed by atoms with Crippen LogP contribution in [0.3, 0.4) is 0 Å². The monoisotopic (exact) mass is 463 g/mol. The Morgan fingerprint density at radius 3 is 2.73 bits per heavy atom. The topological polar surface area (TPSA) is 66.6 Å². The van der Waals surface area contributed by atoms with Crippen LogP contribution in [0.5, 0.6) is 11.5 Å². The first-order valence-corrected chi connectivity index (χ1v) is 11.0. The first-order chi connectivity index (χ1) is 16.1. The molecule has 0 radical (unpaired) electrons. The number of anilines is 1. The van der Waals surface area contributed by atoms with Crippen LogP contribution in [0.4, 0.5) is 14.9 Å². The Labute approximate surface area is 193 Å². The summed E-state index contributed by atoms with van der Waals surface area (Å²) in [4.78, 5) is 18.7. The number of halogens is 2. The summed E-state index contributed by atoms with van der Waals surface area (Å²) in [6.45, 7) is 0.656. The van der Waals surface area contributed by atoms with Crippen molar-refractivity contribution < 1.29 is 18.7 Å². The maximum atomic E-state index is 13.7. The van der Waals surface area contributed by atoms with Gasteiger partial charge >= 0.3 is 6.03 Å². The minimum atomic E-state index is -0.408. The molecule has 6 nitrogen and oxygen atoms in total. The van der Waals surface area contributed by atoms with Crippen molar-refractivity contribution >= 4 is 34.2 Å². The first-order valence-electron chi connectivity index (χ1n) is 10.6. The van der Waals surface area contributed by atoms with E-state index in [1.165, 1.54) is 12.1 Å². The lowest BCUT2D eigenvalue weighted by Gasteiger charge is -2.36. The quantitative estimate of drug-likeness (QED) is 0.391. The minimum absolute atomic E-state index is 0.165. The van der Waals surface area contributed by atoms with Gasteiger partial charge in [0.15, 0.2) is 11.5 Å². The summed E-state index contributed by atoms with van der Waals surface area (Å²) in [5.41, 5.74) is 4.40. The highest BCUT2D eigenvalue weighted by atomic mass is 35.5. The highest BCUT2D eigenvalue weighted by molar-refractivity contribution is 6.31. The summed E-state index contributed by atoms with van der Waals surface area (Å²) in [5.74, 6) is 0.919. The number of nitrogens with one attached hydrogen (secondary N) is 2. The van der Waals surface area contributed by atoms with E-state index in [1.807, 2.05) is 18.2 Å². The molecule has 1 atom stereocenters. The van der Waals surface area contributed by atoms with Crippen LogP contribution in [0.2, 0.25) is 5.02 Å². The van der Waals surface area contributed by atoms with Gasteiger partial charge in [0, 0.05) is 39.9 Å². The highest BCUT2D eigenvalue weighted by Crippen LogP contribution is 2.40. The van der Waals surface area contributed by atoms with E-state index in [9.17, 15) is 9.18 Å². The molecular formula is C25H19ClFN3O3. The highest BCUT2D eigenvalue weighted by Gasteiger charge is 2.35. The van der Waals surface area contributed by atoms with E-state index in [0.29, 0.717) is 35.2 Å². The van der Waals surface area contributed by atoms with E-state index in [-0.39, 0.29) is 18.6 Å². The number of carbonyl (C=O) groups excluding carboxylic acids is 1. The molecule has 0 aliphatic carbocycles. The summed E-state index contributed by atoms with van der Waals surface area (Å²) in [6.07, 6.45) is 0.669. The number of ether oxygens (including phenoxy) is 2. The third-order valence-corrected chi connectivity index (χ3v) is 6.39. The molecule has 0 bridgehead atoms. The Bertz CT molecular complexity index is 1390. The van der Waals surface area contributed by atoms with E-state index in [0.717, 1.165) is 27.7 Å². The van der Waals surface area contributed by atoms with Crippen LogP contribution in [-0.4, -0.2) is 29.3 Å². The number of hydrogen-bond donors (Lipinski definition) is 2. The molecule has 0 fully saturated rings. The van der Waals surface area contributed by atoms with E-state index in [4.69, 9.17) is 21.1 Å². The van der Waals surface area contributed by atoms with Crippen molar-refractivity contribution in [2.75, 3.05) is 18.7 Å². The lowest BCUT2D eigenvalue weighted by molar-refractivity contribution is 0.174. The molecule has 3 aromatic carbocycles. The van der Waals surface area contributed by atoms with E-state index in [1.54, 1.807) is 35.2 Å². The molecule has 8 heteroatoms. The molecule has 2 N–H and O–H groups in total. The number of rotatable bonds is 2. The molecule has 3 heterocycles. The molecule has 166 valence electrons. The molecule has 0 spiro atoms. The van der Waals surface area contributed by atoms with Gasteiger partial charge < -0.3 is 24.7 Å². The van der Waals surface area contributed by atoms with Gasteiger partial charge in [-0.15, -0.1) is 0 Å². The van der Waals surface area contributed by atoms with Gasteiger partial charge in [0.25, 0.3) is 0 Å². The molecule has 33 heavy (non-hydrogen) atoms. The van der Waals surface area contributed by atoms with Gasteiger partial charge in [0.05, 0.1) is 6.04 Å². The van der Waals surface area contributed by atoms with E-state index < -0.39 is 6.04 Å². The van der Waals surface area contributed by atoms with E-state index >= 15 is 0 Å². The molecule has 4 aromatic rings. The Morgan fingerprint density at radius 1 is 1.06 bits per heavy atom. The van der Waals surface area contributed by atoms with Crippen LogP contribution in [-0.2, 0) is 6.42 Å². The van der Waals surface area contributed by atoms with Gasteiger partial charge in [-0.3, -0.25) is 0 Å². The second-order valence-corrected chi connectivity index (χ2v) is 8.54. The van der Waals surface area contributed by atoms with E-state index in [2.05, 4.69) is 10.3 Å². The zero-order valence-electron chi connectivity index (χ0n) is 17.4. The number of amides is 2. The summed E-state index contributed by atoms with van der Waals surface area (Å²) < 4.78 is 24.4. The van der Waals surface area contributed by atoms with Gasteiger partial charge in [-0.2, -0.15) is 0 Å². The van der Waals surface area contributed by atoms with Crippen LogP contribution in [0.1, 0.15) is 22.9 Å². The van der Waals surface area contributed by atoms with Crippen molar-refractivity contribution in [2.24, 2.45) is 0 Å². The number of hydrogen-bond acceptors (Lipinski definition) is 3. The fraction of sp³-hybridized carbons (Fsp3) is 0.160. The van der Waals surface area contributed by atoms with Gasteiger partial charge in [-0.1, -0.05) is 23.7 Å². The predicted octanol–water partition coefficient (Wildman–Crippen LogP) is 5.87. The SMILES string of the molecule is O=C(Nc1ccc2c(c1)OCO2)N1CCc2c([nH]c3ccc(Cl)cc23)[C@H]1c1ccc(F)cc1. The Hall–Kier alpha value is -3.71. The summed E-state index contributed by atoms with van der Waals surface area (Å²) >= 11 is 6.25. The third-order valence-electron chi connectivity index (χ3n) is 6.16. The van der Waals surface area contributed by atoms with Crippen molar-refractivity contribution in [3.63, 3.8) is 0 Å². The van der Waals surface area contributed by atoms with Crippen LogP contribution < -0.4 is 14.8 Å². The molecule has 6 rings (SSSR count). The minimum Gasteiger partial charge on any atom is -0.454 e. The number of aromatic nitrogens is 1. The molecule has 0 saturated heterocycles. The average molecular weight is 464 g/mol. The number of fused-ring (bicyclic) bond motifs is 4. The fourth-order valence-corrected chi connectivity index (χ4v) is 4.81. The van der Waals surface area contributed by atoms with Crippen molar-refractivity contribution in [1.82, 2.24) is 9.88 Å². The molecule has 0 unspecified atom stereocenters. The smallest absolute Gasteiger partial charge is 0.322 e. The normalized spacial score (nSPS) is 16.7.